The van der Waals surface area contributed by atoms with Gasteiger partial charge in [0, 0.05) is 29.2 Å². The number of rotatable bonds is 5. The zero-order valence-electron chi connectivity index (χ0n) is 14.4. The maximum absolute atomic E-state index is 12.4. The fourth-order valence-electron chi connectivity index (χ4n) is 2.58. The van der Waals surface area contributed by atoms with Crippen LogP contribution < -0.4 is 10.1 Å². The van der Waals surface area contributed by atoms with Gasteiger partial charge < -0.3 is 15.2 Å². The fraction of sp³-hybridized carbons (Fsp3) is 0.100. The number of carbonyl (C=O) groups excluding carboxylic acids is 1. The molecule has 0 bridgehead atoms. The van der Waals surface area contributed by atoms with Gasteiger partial charge in [0.25, 0.3) is 5.91 Å². The van der Waals surface area contributed by atoms with Crippen LogP contribution in [0.5, 0.6) is 5.75 Å². The van der Waals surface area contributed by atoms with Crippen molar-refractivity contribution in [2.24, 2.45) is 0 Å². The molecule has 0 fully saturated rings. The Kier molecular flexibility index (Phi) is 5.60. The van der Waals surface area contributed by atoms with E-state index in [0.717, 1.165) is 12.1 Å². The van der Waals surface area contributed by atoms with Crippen LogP contribution in [-0.2, 0) is 0 Å². The van der Waals surface area contributed by atoms with Crippen LogP contribution in [0.15, 0.2) is 73.1 Å². The summed E-state index contributed by atoms with van der Waals surface area (Å²) in [6.45, 7) is 0. The van der Waals surface area contributed by atoms with Gasteiger partial charge in [0.05, 0.1) is 0 Å². The molecule has 0 aliphatic carbocycles. The summed E-state index contributed by atoms with van der Waals surface area (Å²) in [4.78, 5) is 16.2. The molecule has 3 aromatic rings. The van der Waals surface area contributed by atoms with Crippen LogP contribution in [0.4, 0.5) is 18.9 Å². The number of aliphatic hydroxyl groups excluding tert-OH is 1. The van der Waals surface area contributed by atoms with Gasteiger partial charge in [-0.2, -0.15) is 0 Å². The molecule has 3 rings (SSSR count). The Bertz CT molecular complexity index is 945. The predicted molar refractivity (Wildman–Crippen MR) is 95.8 cm³/mol. The van der Waals surface area contributed by atoms with Crippen molar-refractivity contribution in [3.05, 3.63) is 89.7 Å². The largest absolute Gasteiger partial charge is 0.573 e. The molecule has 8 heteroatoms. The number of para-hydroxylation sites is 1. The number of anilines is 1. The summed E-state index contributed by atoms with van der Waals surface area (Å²) in [7, 11) is 0. The Hall–Kier alpha value is -3.39. The minimum atomic E-state index is -4.79. The van der Waals surface area contributed by atoms with Gasteiger partial charge in [-0.1, -0.05) is 30.3 Å². The lowest BCUT2D eigenvalue weighted by Gasteiger charge is -2.17. The van der Waals surface area contributed by atoms with Gasteiger partial charge >= 0.3 is 6.36 Å². The lowest BCUT2D eigenvalue weighted by molar-refractivity contribution is -0.274. The van der Waals surface area contributed by atoms with E-state index in [0.29, 0.717) is 22.4 Å². The molecule has 0 radical (unpaired) electrons. The average molecular weight is 388 g/mol. The van der Waals surface area contributed by atoms with Crippen LogP contribution in [-0.4, -0.2) is 22.4 Å². The van der Waals surface area contributed by atoms with Gasteiger partial charge in [-0.25, -0.2) is 0 Å². The molecular formula is C20H15F3N2O3. The van der Waals surface area contributed by atoms with E-state index in [9.17, 15) is 23.1 Å². The number of halogens is 3. The van der Waals surface area contributed by atoms with Gasteiger partial charge in [0.15, 0.2) is 0 Å². The molecule has 0 saturated heterocycles. The molecule has 5 nitrogen and oxygen atoms in total. The van der Waals surface area contributed by atoms with Crippen LogP contribution in [0.3, 0.4) is 0 Å². The van der Waals surface area contributed by atoms with Crippen LogP contribution in [0, 0.1) is 0 Å². The van der Waals surface area contributed by atoms with Crippen molar-refractivity contribution >= 4 is 11.6 Å². The number of alkyl halides is 3. The molecule has 2 aromatic carbocycles. The van der Waals surface area contributed by atoms with Gasteiger partial charge in [-0.15, -0.1) is 13.2 Å². The fourth-order valence-corrected chi connectivity index (χ4v) is 2.58. The van der Waals surface area contributed by atoms with E-state index in [1.54, 1.807) is 36.4 Å². The van der Waals surface area contributed by atoms with Crippen LogP contribution in [0.2, 0.25) is 0 Å². The highest BCUT2D eigenvalue weighted by atomic mass is 19.4. The smallest absolute Gasteiger partial charge is 0.406 e. The Morgan fingerprint density at radius 1 is 1.00 bits per heavy atom. The van der Waals surface area contributed by atoms with Gasteiger partial charge in [0.2, 0.25) is 0 Å². The van der Waals surface area contributed by atoms with E-state index in [2.05, 4.69) is 15.0 Å². The standard InChI is InChI=1S/C20H15F3N2O3/c21-20(22,23)28-15-7-5-13(6-8-15)18(26)16-3-1-2-4-17(16)25-19(27)14-9-11-24-12-10-14/h1-12,18,26H,(H,25,27). The molecule has 0 saturated carbocycles. The summed E-state index contributed by atoms with van der Waals surface area (Å²) in [6, 6.07) is 14.6. The van der Waals surface area contributed by atoms with E-state index >= 15 is 0 Å². The number of aliphatic hydroxyl groups is 1. The SMILES string of the molecule is O=C(Nc1ccccc1C(O)c1ccc(OC(F)(F)F)cc1)c1ccncc1. The second-order valence-corrected chi connectivity index (χ2v) is 5.80. The maximum Gasteiger partial charge on any atom is 0.573 e. The van der Waals surface area contributed by atoms with Crippen LogP contribution >= 0.6 is 0 Å². The number of hydrogen-bond donors (Lipinski definition) is 2. The minimum absolute atomic E-state index is 0.347. The summed E-state index contributed by atoms with van der Waals surface area (Å²) < 4.78 is 40.6. The summed E-state index contributed by atoms with van der Waals surface area (Å²) in [5.41, 5.74) is 1.52. The van der Waals surface area contributed by atoms with Crippen molar-refractivity contribution in [2.75, 3.05) is 5.32 Å². The molecule has 1 unspecified atom stereocenters. The van der Waals surface area contributed by atoms with E-state index in [1.165, 1.54) is 24.5 Å². The van der Waals surface area contributed by atoms with Crippen molar-refractivity contribution in [2.45, 2.75) is 12.5 Å². The van der Waals surface area contributed by atoms with Gasteiger partial charge in [0.1, 0.15) is 11.9 Å². The maximum atomic E-state index is 12.4. The Morgan fingerprint density at radius 3 is 2.29 bits per heavy atom. The van der Waals surface area contributed by atoms with Crippen molar-refractivity contribution < 1.29 is 27.8 Å². The van der Waals surface area contributed by atoms with E-state index in [4.69, 9.17) is 0 Å². The molecule has 1 aromatic heterocycles. The second kappa shape index (κ2) is 8.10. The molecule has 1 atom stereocenters. The second-order valence-electron chi connectivity index (χ2n) is 5.80. The van der Waals surface area contributed by atoms with E-state index in [-0.39, 0.29) is 11.7 Å². The Morgan fingerprint density at radius 2 is 1.64 bits per heavy atom. The number of nitrogens with one attached hydrogen (secondary N) is 1. The normalized spacial score (nSPS) is 12.3. The highest BCUT2D eigenvalue weighted by Gasteiger charge is 2.31. The number of nitrogens with zero attached hydrogens (tertiary/aromatic N) is 1. The molecule has 28 heavy (non-hydrogen) atoms. The number of benzene rings is 2. The molecule has 0 aliphatic heterocycles. The zero-order valence-corrected chi connectivity index (χ0v) is 14.4. The number of amides is 1. The third-order valence-electron chi connectivity index (χ3n) is 3.88. The quantitative estimate of drug-likeness (QED) is 0.683. The average Bonchev–Trinajstić information content (AvgIpc) is 2.68. The molecule has 0 spiro atoms. The minimum Gasteiger partial charge on any atom is -0.406 e. The lowest BCUT2D eigenvalue weighted by Crippen LogP contribution is -2.17. The van der Waals surface area contributed by atoms with Crippen molar-refractivity contribution in [3.63, 3.8) is 0 Å². The molecule has 0 aliphatic rings. The molecule has 1 heterocycles. The van der Waals surface area contributed by atoms with Gasteiger partial charge in [-0.05, 0) is 35.9 Å². The monoisotopic (exact) mass is 388 g/mol. The zero-order chi connectivity index (χ0) is 20.1. The third kappa shape index (κ3) is 4.86. The first-order valence-corrected chi connectivity index (χ1v) is 8.17. The van der Waals surface area contributed by atoms with E-state index in [1.807, 2.05) is 0 Å². The number of hydrogen-bond acceptors (Lipinski definition) is 4. The van der Waals surface area contributed by atoms with E-state index < -0.39 is 12.5 Å². The lowest BCUT2D eigenvalue weighted by atomic mass is 9.99. The highest BCUT2D eigenvalue weighted by molar-refractivity contribution is 6.04. The molecule has 2 N–H and O–H groups in total. The Balaban J connectivity index is 1.81. The first kappa shape index (κ1) is 19.4. The first-order chi connectivity index (χ1) is 13.3. The number of carbonyl (C=O) groups is 1. The molecule has 144 valence electrons. The van der Waals surface area contributed by atoms with Crippen molar-refractivity contribution in [1.29, 1.82) is 0 Å². The predicted octanol–water partition coefficient (Wildman–Crippen LogP) is 4.31. The first-order valence-electron chi connectivity index (χ1n) is 8.17. The summed E-state index contributed by atoms with van der Waals surface area (Å²) >= 11 is 0. The Labute approximate surface area is 158 Å². The van der Waals surface area contributed by atoms with Crippen LogP contribution in [0.25, 0.3) is 0 Å². The topological polar surface area (TPSA) is 71.5 Å². The summed E-state index contributed by atoms with van der Waals surface area (Å²) in [5.74, 6) is -0.765. The summed E-state index contributed by atoms with van der Waals surface area (Å²) in [5, 5.41) is 13.4. The summed E-state index contributed by atoms with van der Waals surface area (Å²) in [6.07, 6.45) is -2.97. The van der Waals surface area contributed by atoms with Crippen molar-refractivity contribution in [1.82, 2.24) is 4.98 Å². The van der Waals surface area contributed by atoms with Crippen LogP contribution in [0.1, 0.15) is 27.6 Å². The third-order valence-corrected chi connectivity index (χ3v) is 3.88. The molecule has 1 amide bonds. The number of aromatic nitrogens is 1. The highest BCUT2D eigenvalue weighted by Crippen LogP contribution is 2.30. The number of pyridine rings is 1. The number of ether oxygens (including phenoxy) is 1. The van der Waals surface area contributed by atoms with Gasteiger partial charge in [-0.3, -0.25) is 9.78 Å². The van der Waals surface area contributed by atoms with Crippen molar-refractivity contribution in [3.8, 4) is 5.75 Å². The molecular weight excluding hydrogens is 373 g/mol.